The summed E-state index contributed by atoms with van der Waals surface area (Å²) in [4.78, 5) is 0.222. The molecule has 0 aliphatic carbocycles. The van der Waals surface area contributed by atoms with Gasteiger partial charge in [-0.25, -0.2) is 0 Å². The molecule has 0 atom stereocenters. The molecule has 3 aromatic rings. The van der Waals surface area contributed by atoms with E-state index in [2.05, 4.69) is 5.10 Å². The number of aryl methyl sites for hydroxylation is 3. The lowest BCUT2D eigenvalue weighted by atomic mass is 10.0. The quantitative estimate of drug-likeness (QED) is 0.772. The summed E-state index contributed by atoms with van der Waals surface area (Å²) < 4.78 is 26.8. The summed E-state index contributed by atoms with van der Waals surface area (Å²) in [7, 11) is -3.72. The minimum atomic E-state index is -3.72. The molecule has 0 fully saturated rings. The fraction of sp³-hybridized carbons (Fsp3) is 0.278. The van der Waals surface area contributed by atoms with Crippen LogP contribution in [0.25, 0.3) is 10.9 Å². The second-order valence-electron chi connectivity index (χ2n) is 5.92. The van der Waals surface area contributed by atoms with Crippen LogP contribution >= 0.6 is 0 Å². The Kier molecular flexibility index (Phi) is 4.43. The van der Waals surface area contributed by atoms with Crippen LogP contribution in [-0.4, -0.2) is 29.3 Å². The summed E-state index contributed by atoms with van der Waals surface area (Å²) in [6.07, 6.45) is 3.04. The smallest absolute Gasteiger partial charge is 0.283 e. The van der Waals surface area contributed by atoms with Gasteiger partial charge in [-0.05, 0) is 56.0 Å². The van der Waals surface area contributed by atoms with Crippen LogP contribution in [0.5, 0.6) is 0 Å². The second-order valence-corrected chi connectivity index (χ2v) is 7.68. The van der Waals surface area contributed by atoms with Crippen molar-refractivity contribution >= 4 is 20.9 Å². The van der Waals surface area contributed by atoms with Crippen molar-refractivity contribution in [3.05, 3.63) is 59.3 Å². The maximum Gasteiger partial charge on any atom is 0.283 e. The third-order valence-corrected chi connectivity index (χ3v) is 5.87. The summed E-state index contributed by atoms with van der Waals surface area (Å²) >= 11 is 0. The van der Waals surface area contributed by atoms with Crippen molar-refractivity contribution in [3.8, 4) is 0 Å². The Bertz CT molecular complexity index is 973. The minimum Gasteiger partial charge on any atom is -0.396 e. The lowest BCUT2D eigenvalue weighted by Gasteiger charge is -2.09. The van der Waals surface area contributed by atoms with E-state index in [0.717, 1.165) is 32.6 Å². The molecule has 0 amide bonds. The van der Waals surface area contributed by atoms with E-state index in [1.165, 1.54) is 0 Å². The van der Waals surface area contributed by atoms with Gasteiger partial charge in [-0.1, -0.05) is 23.8 Å². The molecule has 5 nitrogen and oxygen atoms in total. The highest BCUT2D eigenvalue weighted by Crippen LogP contribution is 2.25. The van der Waals surface area contributed by atoms with Crippen molar-refractivity contribution in [2.75, 3.05) is 6.61 Å². The summed E-state index contributed by atoms with van der Waals surface area (Å²) in [5.74, 6) is 0. The van der Waals surface area contributed by atoms with Crippen LogP contribution in [0.4, 0.5) is 0 Å². The molecular formula is C18H20N2O3S. The summed E-state index contributed by atoms with van der Waals surface area (Å²) in [5.41, 5.74) is 3.68. The molecule has 0 radical (unpaired) electrons. The van der Waals surface area contributed by atoms with Gasteiger partial charge in [0.25, 0.3) is 10.0 Å². The van der Waals surface area contributed by atoms with E-state index < -0.39 is 10.0 Å². The van der Waals surface area contributed by atoms with Crippen molar-refractivity contribution in [2.45, 2.75) is 31.6 Å². The first-order chi connectivity index (χ1) is 11.4. The van der Waals surface area contributed by atoms with Gasteiger partial charge in [-0.15, -0.1) is 0 Å². The molecule has 0 aliphatic heterocycles. The van der Waals surface area contributed by atoms with Gasteiger partial charge in [-0.2, -0.15) is 17.6 Å². The molecule has 24 heavy (non-hydrogen) atoms. The van der Waals surface area contributed by atoms with Crippen LogP contribution in [0.1, 0.15) is 23.1 Å². The Morgan fingerprint density at radius 3 is 2.46 bits per heavy atom. The lowest BCUT2D eigenvalue weighted by Crippen LogP contribution is -2.14. The lowest BCUT2D eigenvalue weighted by molar-refractivity contribution is 0.288. The molecule has 126 valence electrons. The first-order valence-electron chi connectivity index (χ1n) is 7.84. The monoisotopic (exact) mass is 344 g/mol. The molecule has 0 spiro atoms. The summed E-state index contributed by atoms with van der Waals surface area (Å²) in [5, 5.41) is 13.9. The van der Waals surface area contributed by atoms with Gasteiger partial charge in [0, 0.05) is 12.0 Å². The molecule has 1 heterocycles. The van der Waals surface area contributed by atoms with Crippen LogP contribution in [0.3, 0.4) is 0 Å². The van der Waals surface area contributed by atoms with E-state index in [9.17, 15) is 8.42 Å². The van der Waals surface area contributed by atoms with Crippen LogP contribution in [-0.2, 0) is 16.4 Å². The topological polar surface area (TPSA) is 72.2 Å². The highest BCUT2D eigenvalue weighted by Gasteiger charge is 2.21. The molecule has 2 aromatic carbocycles. The van der Waals surface area contributed by atoms with Gasteiger partial charge in [0.15, 0.2) is 0 Å². The number of aliphatic hydroxyl groups is 1. The standard InChI is InChI=1S/C18H20N2O3S/c1-13-5-8-16(9-6-13)24(22,23)20-18-10-7-15(4-3-11-21)14(2)17(18)12-19-20/h5-10,12,21H,3-4,11H2,1-2H3. The fourth-order valence-electron chi connectivity index (χ4n) is 2.80. The van der Waals surface area contributed by atoms with Gasteiger partial charge < -0.3 is 5.11 Å². The van der Waals surface area contributed by atoms with E-state index in [1.807, 2.05) is 19.9 Å². The number of hydrogen-bond donors (Lipinski definition) is 1. The van der Waals surface area contributed by atoms with Crippen molar-refractivity contribution in [1.82, 2.24) is 9.19 Å². The number of hydrogen-bond acceptors (Lipinski definition) is 4. The van der Waals surface area contributed by atoms with Gasteiger partial charge >= 0.3 is 0 Å². The van der Waals surface area contributed by atoms with Gasteiger partial charge in [0.05, 0.1) is 16.6 Å². The molecule has 6 heteroatoms. The normalized spacial score (nSPS) is 12.0. The SMILES string of the molecule is Cc1ccc(S(=O)(=O)n2ncc3c(C)c(CCCO)ccc32)cc1. The molecular weight excluding hydrogens is 324 g/mol. The van der Waals surface area contributed by atoms with Crippen molar-refractivity contribution in [2.24, 2.45) is 0 Å². The third-order valence-electron chi connectivity index (χ3n) is 4.25. The zero-order valence-corrected chi connectivity index (χ0v) is 14.5. The molecule has 0 bridgehead atoms. The van der Waals surface area contributed by atoms with Crippen molar-refractivity contribution in [3.63, 3.8) is 0 Å². The molecule has 0 aliphatic rings. The average molecular weight is 344 g/mol. The average Bonchev–Trinajstić information content (AvgIpc) is 3.00. The maximum absolute atomic E-state index is 12.9. The molecule has 0 saturated carbocycles. The Labute approximate surface area is 141 Å². The number of aromatic nitrogens is 2. The number of rotatable bonds is 5. The van der Waals surface area contributed by atoms with E-state index in [-0.39, 0.29) is 11.5 Å². The number of nitrogens with zero attached hydrogens (tertiary/aromatic N) is 2. The molecule has 1 aromatic heterocycles. The Morgan fingerprint density at radius 2 is 1.79 bits per heavy atom. The first kappa shape index (κ1) is 16.7. The largest absolute Gasteiger partial charge is 0.396 e. The second kappa shape index (κ2) is 6.37. The highest BCUT2D eigenvalue weighted by molar-refractivity contribution is 7.90. The predicted octanol–water partition coefficient (Wildman–Crippen LogP) is 2.82. The number of aliphatic hydroxyl groups excluding tert-OH is 1. The highest BCUT2D eigenvalue weighted by atomic mass is 32.2. The van der Waals surface area contributed by atoms with Crippen LogP contribution in [0, 0.1) is 13.8 Å². The molecule has 0 unspecified atom stereocenters. The van der Waals surface area contributed by atoms with Gasteiger partial charge in [0.2, 0.25) is 0 Å². The van der Waals surface area contributed by atoms with Gasteiger partial charge in [0.1, 0.15) is 0 Å². The molecule has 3 rings (SSSR count). The van der Waals surface area contributed by atoms with E-state index >= 15 is 0 Å². The Balaban J connectivity index is 2.10. The number of benzene rings is 2. The van der Waals surface area contributed by atoms with E-state index in [1.54, 1.807) is 36.5 Å². The zero-order valence-electron chi connectivity index (χ0n) is 13.7. The van der Waals surface area contributed by atoms with Crippen LogP contribution in [0.15, 0.2) is 47.5 Å². The zero-order chi connectivity index (χ0) is 17.3. The Morgan fingerprint density at radius 1 is 1.08 bits per heavy atom. The summed E-state index contributed by atoms with van der Waals surface area (Å²) in [6, 6.07) is 10.4. The number of fused-ring (bicyclic) bond motifs is 1. The van der Waals surface area contributed by atoms with E-state index in [4.69, 9.17) is 5.11 Å². The molecule has 0 saturated heterocycles. The third kappa shape index (κ3) is 2.83. The minimum absolute atomic E-state index is 0.137. The van der Waals surface area contributed by atoms with Crippen LogP contribution in [0.2, 0.25) is 0 Å². The Hall–Kier alpha value is -2.18. The summed E-state index contributed by atoms with van der Waals surface area (Å²) in [6.45, 7) is 4.01. The fourth-order valence-corrected chi connectivity index (χ4v) is 4.07. The van der Waals surface area contributed by atoms with E-state index in [0.29, 0.717) is 11.9 Å². The van der Waals surface area contributed by atoms with Gasteiger partial charge in [-0.3, -0.25) is 0 Å². The van der Waals surface area contributed by atoms with Crippen LogP contribution < -0.4 is 0 Å². The maximum atomic E-state index is 12.9. The van der Waals surface area contributed by atoms with Crippen molar-refractivity contribution < 1.29 is 13.5 Å². The predicted molar refractivity (Wildman–Crippen MR) is 93.6 cm³/mol. The van der Waals surface area contributed by atoms with Crippen molar-refractivity contribution in [1.29, 1.82) is 0 Å². The molecule has 1 N–H and O–H groups in total. The first-order valence-corrected chi connectivity index (χ1v) is 9.28.